The first-order valence-electron chi connectivity index (χ1n) is 8.45. The zero-order chi connectivity index (χ0) is 19.4. The van der Waals surface area contributed by atoms with Gasteiger partial charge in [-0.2, -0.15) is 0 Å². The van der Waals surface area contributed by atoms with Crippen LogP contribution in [0.3, 0.4) is 0 Å². The second-order valence-electron chi connectivity index (χ2n) is 5.96. The van der Waals surface area contributed by atoms with Gasteiger partial charge in [-0.3, -0.25) is 4.79 Å². The lowest BCUT2D eigenvalue weighted by molar-refractivity contribution is -0.128. The monoisotopic (exact) mass is 389 g/mol. The molecule has 0 spiro atoms. The van der Waals surface area contributed by atoms with Crippen molar-refractivity contribution in [2.24, 2.45) is 0 Å². The average Bonchev–Trinajstić information content (AvgIpc) is 3.07. The predicted octanol–water partition coefficient (Wildman–Crippen LogP) is 3.50. The normalized spacial score (nSPS) is 16.4. The van der Waals surface area contributed by atoms with Crippen molar-refractivity contribution in [3.05, 3.63) is 47.5 Å². The molecular formula is C20H23NO5S. The average molecular weight is 389 g/mol. The van der Waals surface area contributed by atoms with Gasteiger partial charge in [-0.15, -0.1) is 11.8 Å². The maximum absolute atomic E-state index is 12.6. The van der Waals surface area contributed by atoms with E-state index in [9.17, 15) is 4.79 Å². The lowest BCUT2D eigenvalue weighted by atomic mass is 10.1. The fraction of sp³-hybridized carbons (Fsp3) is 0.350. The number of ether oxygens (including phenoxy) is 4. The third-order valence-electron chi connectivity index (χ3n) is 4.47. The van der Waals surface area contributed by atoms with Crippen molar-refractivity contribution in [3.63, 3.8) is 0 Å². The van der Waals surface area contributed by atoms with Crippen LogP contribution in [0.4, 0.5) is 0 Å². The largest absolute Gasteiger partial charge is 0.496 e. The Morgan fingerprint density at radius 3 is 2.19 bits per heavy atom. The maximum Gasteiger partial charge on any atom is 0.234 e. The molecule has 0 N–H and O–H groups in total. The Balaban J connectivity index is 1.96. The van der Waals surface area contributed by atoms with E-state index in [2.05, 4.69) is 0 Å². The summed E-state index contributed by atoms with van der Waals surface area (Å²) in [5.41, 5.74) is 1.89. The summed E-state index contributed by atoms with van der Waals surface area (Å²) in [4.78, 5) is 14.4. The molecule has 1 unspecified atom stereocenters. The highest BCUT2D eigenvalue weighted by atomic mass is 32.2. The summed E-state index contributed by atoms with van der Waals surface area (Å²) < 4.78 is 21.7. The van der Waals surface area contributed by atoms with Gasteiger partial charge in [0.1, 0.15) is 11.1 Å². The molecule has 0 radical (unpaired) electrons. The van der Waals surface area contributed by atoms with Crippen LogP contribution in [0.25, 0.3) is 0 Å². The van der Waals surface area contributed by atoms with Crippen molar-refractivity contribution in [2.75, 3.05) is 34.2 Å². The Kier molecular flexibility index (Phi) is 6.01. The summed E-state index contributed by atoms with van der Waals surface area (Å²) in [6.07, 6.45) is 0. The Hall–Kier alpha value is -2.54. The zero-order valence-corrected chi connectivity index (χ0v) is 16.7. The molecule has 1 aliphatic heterocycles. The van der Waals surface area contributed by atoms with Gasteiger partial charge in [-0.1, -0.05) is 18.2 Å². The molecule has 1 fully saturated rings. The van der Waals surface area contributed by atoms with Gasteiger partial charge >= 0.3 is 0 Å². The summed E-state index contributed by atoms with van der Waals surface area (Å²) in [5, 5.41) is -0.142. The Morgan fingerprint density at radius 1 is 0.963 bits per heavy atom. The van der Waals surface area contributed by atoms with Gasteiger partial charge < -0.3 is 23.8 Å². The number of para-hydroxylation sites is 1. The summed E-state index contributed by atoms with van der Waals surface area (Å²) >= 11 is 1.58. The van der Waals surface area contributed by atoms with Gasteiger partial charge in [0.25, 0.3) is 0 Å². The topological polar surface area (TPSA) is 57.2 Å². The van der Waals surface area contributed by atoms with Crippen molar-refractivity contribution in [1.29, 1.82) is 0 Å². The van der Waals surface area contributed by atoms with Crippen LogP contribution in [0.1, 0.15) is 16.5 Å². The molecule has 2 aromatic rings. The maximum atomic E-state index is 12.6. The van der Waals surface area contributed by atoms with E-state index < -0.39 is 0 Å². The molecule has 1 atom stereocenters. The lowest BCUT2D eigenvalue weighted by Gasteiger charge is -2.26. The molecule has 7 heteroatoms. The number of rotatable bonds is 7. The van der Waals surface area contributed by atoms with Crippen LogP contribution in [0.5, 0.6) is 23.0 Å². The van der Waals surface area contributed by atoms with Crippen molar-refractivity contribution in [3.8, 4) is 23.0 Å². The van der Waals surface area contributed by atoms with E-state index in [1.807, 2.05) is 41.3 Å². The first-order chi connectivity index (χ1) is 13.1. The van der Waals surface area contributed by atoms with Crippen LogP contribution in [-0.2, 0) is 11.3 Å². The molecule has 0 bridgehead atoms. The molecule has 27 heavy (non-hydrogen) atoms. The lowest BCUT2D eigenvalue weighted by Crippen LogP contribution is -2.28. The van der Waals surface area contributed by atoms with Crippen LogP contribution in [0.2, 0.25) is 0 Å². The first kappa shape index (κ1) is 19.2. The molecular weight excluding hydrogens is 366 g/mol. The molecule has 1 aliphatic rings. The van der Waals surface area contributed by atoms with Crippen LogP contribution in [0.15, 0.2) is 36.4 Å². The number of hydrogen-bond acceptors (Lipinski definition) is 6. The van der Waals surface area contributed by atoms with E-state index in [0.717, 1.165) is 16.9 Å². The summed E-state index contributed by atoms with van der Waals surface area (Å²) in [6.45, 7) is 0.469. The highest BCUT2D eigenvalue weighted by molar-refractivity contribution is 8.00. The Labute approximate surface area is 163 Å². The van der Waals surface area contributed by atoms with E-state index >= 15 is 0 Å². The third-order valence-corrected chi connectivity index (χ3v) is 5.73. The minimum absolute atomic E-state index is 0.0876. The van der Waals surface area contributed by atoms with Gasteiger partial charge in [0.15, 0.2) is 11.5 Å². The molecule has 144 valence electrons. The van der Waals surface area contributed by atoms with Crippen molar-refractivity contribution in [1.82, 2.24) is 4.90 Å². The molecule has 1 saturated heterocycles. The summed E-state index contributed by atoms with van der Waals surface area (Å²) in [7, 11) is 6.37. The summed E-state index contributed by atoms with van der Waals surface area (Å²) in [5.74, 6) is 2.97. The Morgan fingerprint density at radius 2 is 1.59 bits per heavy atom. The number of amides is 1. The smallest absolute Gasteiger partial charge is 0.234 e. The third kappa shape index (κ3) is 3.78. The highest BCUT2D eigenvalue weighted by Gasteiger charge is 2.34. The Bertz CT molecular complexity index is 801. The molecule has 2 aromatic carbocycles. The number of hydrogen-bond donors (Lipinski definition) is 0. The molecule has 0 aromatic heterocycles. The van der Waals surface area contributed by atoms with Crippen LogP contribution < -0.4 is 18.9 Å². The number of thioether (sulfide) groups is 1. The molecule has 1 amide bonds. The molecule has 0 saturated carbocycles. The van der Waals surface area contributed by atoms with Crippen molar-refractivity contribution < 1.29 is 23.7 Å². The number of methoxy groups -OCH3 is 4. The van der Waals surface area contributed by atoms with Gasteiger partial charge in [0.2, 0.25) is 11.7 Å². The van der Waals surface area contributed by atoms with Crippen LogP contribution >= 0.6 is 11.8 Å². The van der Waals surface area contributed by atoms with E-state index in [0.29, 0.717) is 29.5 Å². The molecule has 6 nitrogen and oxygen atoms in total. The number of nitrogens with zero attached hydrogens (tertiary/aromatic N) is 1. The molecule has 0 aliphatic carbocycles. The van der Waals surface area contributed by atoms with E-state index in [1.165, 1.54) is 0 Å². The minimum atomic E-state index is -0.142. The fourth-order valence-electron chi connectivity index (χ4n) is 3.16. The van der Waals surface area contributed by atoms with Crippen molar-refractivity contribution >= 4 is 17.7 Å². The van der Waals surface area contributed by atoms with E-state index in [1.54, 1.807) is 40.2 Å². The second kappa shape index (κ2) is 8.43. The van der Waals surface area contributed by atoms with E-state index in [-0.39, 0.29) is 11.3 Å². The van der Waals surface area contributed by atoms with Crippen LogP contribution in [0, 0.1) is 0 Å². The van der Waals surface area contributed by atoms with E-state index in [4.69, 9.17) is 18.9 Å². The van der Waals surface area contributed by atoms with Gasteiger partial charge in [0, 0.05) is 5.56 Å². The van der Waals surface area contributed by atoms with Gasteiger partial charge in [-0.25, -0.2) is 0 Å². The summed E-state index contributed by atoms with van der Waals surface area (Å²) in [6, 6.07) is 11.5. The molecule has 3 rings (SSSR count). The second-order valence-corrected chi connectivity index (χ2v) is 7.02. The SMILES string of the molecule is COc1ccccc1CN1C(=O)CSC1c1cc(OC)c(OC)c(OC)c1. The zero-order valence-electron chi connectivity index (χ0n) is 15.9. The predicted molar refractivity (Wildman–Crippen MR) is 105 cm³/mol. The number of carbonyl (C=O) groups is 1. The number of benzene rings is 2. The molecule has 1 heterocycles. The van der Waals surface area contributed by atoms with Gasteiger partial charge in [-0.05, 0) is 23.8 Å². The van der Waals surface area contributed by atoms with Crippen LogP contribution in [-0.4, -0.2) is 45.0 Å². The van der Waals surface area contributed by atoms with Crippen molar-refractivity contribution in [2.45, 2.75) is 11.9 Å². The highest BCUT2D eigenvalue weighted by Crippen LogP contribution is 2.46. The standard InChI is InChI=1S/C20H23NO5S/c1-23-15-8-6-5-7-13(15)11-21-18(22)12-27-20(21)14-9-16(24-2)19(26-4)17(10-14)25-3/h5-10,20H,11-12H2,1-4H3. The van der Waals surface area contributed by atoms with Gasteiger partial charge in [0.05, 0.1) is 40.7 Å². The quantitative estimate of drug-likeness (QED) is 0.723. The number of carbonyl (C=O) groups excluding carboxylic acids is 1. The fourth-order valence-corrected chi connectivity index (χ4v) is 4.33. The first-order valence-corrected chi connectivity index (χ1v) is 9.50. The minimum Gasteiger partial charge on any atom is -0.496 e.